The first-order valence-corrected chi connectivity index (χ1v) is 12.4. The fourth-order valence-corrected chi connectivity index (χ4v) is 4.78. The summed E-state index contributed by atoms with van der Waals surface area (Å²) in [4.78, 5) is 49.8. The van der Waals surface area contributed by atoms with E-state index in [9.17, 15) is 24.4 Å². The number of hydrogen-bond donors (Lipinski definition) is 2. The number of aryl methyl sites for hydroxylation is 1. The molecule has 0 fully saturated rings. The van der Waals surface area contributed by atoms with E-state index in [0.717, 1.165) is 28.9 Å². The SMILES string of the molecule is COC(=O)c1ccc([C@@H]2C(C#N)=C(SCC(=O)Nc3ccc(Br)c(C)c3)NC(=O)[C@@H]2C(=O)OC)cc1. The topological polar surface area (TPSA) is 135 Å². The lowest BCUT2D eigenvalue weighted by Gasteiger charge is -2.31. The number of methoxy groups -OCH3 is 2. The van der Waals surface area contributed by atoms with Crippen molar-refractivity contribution in [1.82, 2.24) is 5.32 Å². The molecule has 11 heteroatoms. The second kappa shape index (κ2) is 11.9. The van der Waals surface area contributed by atoms with E-state index in [1.165, 1.54) is 19.2 Å². The standard InChI is InChI=1S/C25H22BrN3O6S/c1-13-10-16(8-9-18(13)26)28-19(30)12-36-23-17(11-27)20(21(22(31)29-23)25(33)35-3)14-4-6-15(7-5-14)24(32)34-2/h4-10,20-21H,12H2,1-3H3,(H,28,30)(H,29,31)/t20-,21-/m1/s1. The third-order valence-corrected chi connectivity index (χ3v) is 7.37. The number of amides is 2. The van der Waals surface area contributed by atoms with Crippen LogP contribution >= 0.6 is 27.7 Å². The van der Waals surface area contributed by atoms with Crippen LogP contribution in [0.1, 0.15) is 27.4 Å². The zero-order valence-corrected chi connectivity index (χ0v) is 22.0. The summed E-state index contributed by atoms with van der Waals surface area (Å²) in [6.07, 6.45) is 0. The van der Waals surface area contributed by atoms with Gasteiger partial charge in [-0.2, -0.15) is 5.26 Å². The second-order valence-electron chi connectivity index (χ2n) is 7.74. The smallest absolute Gasteiger partial charge is 0.337 e. The van der Waals surface area contributed by atoms with Crippen molar-refractivity contribution in [2.24, 2.45) is 5.92 Å². The van der Waals surface area contributed by atoms with Crippen molar-refractivity contribution in [3.05, 3.63) is 74.2 Å². The van der Waals surface area contributed by atoms with Crippen LogP contribution in [0.3, 0.4) is 0 Å². The molecule has 0 unspecified atom stereocenters. The second-order valence-corrected chi connectivity index (χ2v) is 9.58. The number of ether oxygens (including phenoxy) is 2. The van der Waals surface area contributed by atoms with Gasteiger partial charge in [0.1, 0.15) is 5.92 Å². The number of nitrogens with one attached hydrogen (secondary N) is 2. The molecule has 0 bridgehead atoms. The fraction of sp³-hybridized carbons (Fsp3) is 0.240. The Labute approximate surface area is 220 Å². The van der Waals surface area contributed by atoms with Gasteiger partial charge in [0.2, 0.25) is 11.8 Å². The molecule has 2 N–H and O–H groups in total. The predicted octanol–water partition coefficient (Wildman–Crippen LogP) is 3.65. The molecule has 3 rings (SSSR count). The third-order valence-electron chi connectivity index (χ3n) is 5.46. The molecule has 2 amide bonds. The zero-order chi connectivity index (χ0) is 26.4. The molecule has 2 atom stereocenters. The lowest BCUT2D eigenvalue weighted by molar-refractivity contribution is -0.150. The van der Waals surface area contributed by atoms with Crippen LogP contribution in [0.25, 0.3) is 0 Å². The number of esters is 2. The summed E-state index contributed by atoms with van der Waals surface area (Å²) in [7, 11) is 2.41. The van der Waals surface area contributed by atoms with Crippen molar-refractivity contribution in [2.45, 2.75) is 12.8 Å². The molecule has 1 aliphatic heterocycles. The minimum absolute atomic E-state index is 0.0905. The van der Waals surface area contributed by atoms with E-state index in [4.69, 9.17) is 9.47 Å². The minimum Gasteiger partial charge on any atom is -0.468 e. The van der Waals surface area contributed by atoms with E-state index in [1.807, 2.05) is 19.1 Å². The summed E-state index contributed by atoms with van der Waals surface area (Å²) in [6, 6.07) is 13.5. The van der Waals surface area contributed by atoms with Gasteiger partial charge in [0.25, 0.3) is 0 Å². The number of allylic oxidation sites excluding steroid dienone is 1. The van der Waals surface area contributed by atoms with Crippen LogP contribution in [-0.2, 0) is 23.9 Å². The molecule has 0 saturated heterocycles. The van der Waals surface area contributed by atoms with Crippen LogP contribution < -0.4 is 10.6 Å². The van der Waals surface area contributed by atoms with Crippen molar-refractivity contribution in [3.63, 3.8) is 0 Å². The third kappa shape index (κ3) is 5.95. The number of nitrogens with zero attached hydrogens (tertiary/aromatic N) is 1. The summed E-state index contributed by atoms with van der Waals surface area (Å²) < 4.78 is 10.4. The molecule has 2 aromatic rings. The van der Waals surface area contributed by atoms with Gasteiger partial charge in [-0.1, -0.05) is 39.8 Å². The number of halogens is 1. The van der Waals surface area contributed by atoms with Gasteiger partial charge in [-0.3, -0.25) is 14.4 Å². The quantitative estimate of drug-likeness (QED) is 0.379. The molecule has 9 nitrogen and oxygen atoms in total. The van der Waals surface area contributed by atoms with Crippen LogP contribution in [0.15, 0.2) is 57.5 Å². The van der Waals surface area contributed by atoms with Crippen LogP contribution in [0.2, 0.25) is 0 Å². The highest BCUT2D eigenvalue weighted by Crippen LogP contribution is 2.40. The summed E-state index contributed by atoms with van der Waals surface area (Å²) in [5.74, 6) is -4.74. The van der Waals surface area contributed by atoms with Crippen LogP contribution in [-0.4, -0.2) is 43.7 Å². The van der Waals surface area contributed by atoms with Crippen molar-refractivity contribution in [2.75, 3.05) is 25.3 Å². The summed E-state index contributed by atoms with van der Waals surface area (Å²) >= 11 is 4.39. The van der Waals surface area contributed by atoms with Gasteiger partial charge < -0.3 is 20.1 Å². The molecule has 0 spiro atoms. The molecule has 0 saturated carbocycles. The average Bonchev–Trinajstić information content (AvgIpc) is 2.88. The minimum atomic E-state index is -1.32. The van der Waals surface area contributed by atoms with E-state index in [1.54, 1.807) is 18.2 Å². The molecule has 36 heavy (non-hydrogen) atoms. The maximum atomic E-state index is 12.9. The Balaban J connectivity index is 1.90. The molecule has 2 aromatic carbocycles. The number of carbonyl (C=O) groups excluding carboxylic acids is 4. The number of rotatable bonds is 7. The molecule has 1 aliphatic rings. The van der Waals surface area contributed by atoms with Crippen LogP contribution in [0, 0.1) is 24.2 Å². The Hall–Kier alpha value is -3.62. The number of nitriles is 1. The normalized spacial score (nSPS) is 17.0. The highest BCUT2D eigenvalue weighted by atomic mass is 79.9. The summed E-state index contributed by atoms with van der Waals surface area (Å²) in [6.45, 7) is 1.89. The number of hydrogen-bond acceptors (Lipinski definition) is 8. The maximum Gasteiger partial charge on any atom is 0.337 e. The first-order chi connectivity index (χ1) is 17.2. The predicted molar refractivity (Wildman–Crippen MR) is 137 cm³/mol. The van der Waals surface area contributed by atoms with Crippen molar-refractivity contribution in [3.8, 4) is 6.07 Å². The van der Waals surface area contributed by atoms with Gasteiger partial charge in [0.15, 0.2) is 0 Å². The fourth-order valence-electron chi connectivity index (χ4n) is 3.68. The average molecular weight is 572 g/mol. The summed E-state index contributed by atoms with van der Waals surface area (Å²) in [5, 5.41) is 15.5. The Morgan fingerprint density at radius 2 is 1.83 bits per heavy atom. The van der Waals surface area contributed by atoms with E-state index < -0.39 is 29.7 Å². The molecule has 186 valence electrons. The Morgan fingerprint density at radius 3 is 2.42 bits per heavy atom. The molecule has 1 heterocycles. The lowest BCUT2D eigenvalue weighted by atomic mass is 9.78. The molecule has 0 aliphatic carbocycles. The maximum absolute atomic E-state index is 12.9. The van der Waals surface area contributed by atoms with Gasteiger partial charge >= 0.3 is 11.9 Å². The number of carbonyl (C=O) groups is 4. The van der Waals surface area contributed by atoms with E-state index >= 15 is 0 Å². The summed E-state index contributed by atoms with van der Waals surface area (Å²) in [5.41, 5.74) is 2.39. The number of anilines is 1. The van der Waals surface area contributed by atoms with Gasteiger partial charge in [-0.25, -0.2) is 4.79 Å². The first-order valence-electron chi connectivity index (χ1n) is 10.6. The molecular weight excluding hydrogens is 550 g/mol. The monoisotopic (exact) mass is 571 g/mol. The van der Waals surface area contributed by atoms with Gasteiger partial charge in [0.05, 0.1) is 42.2 Å². The van der Waals surface area contributed by atoms with E-state index in [2.05, 4.69) is 32.6 Å². The molecule has 0 aromatic heterocycles. The Morgan fingerprint density at radius 1 is 1.14 bits per heavy atom. The van der Waals surface area contributed by atoms with E-state index in [-0.39, 0.29) is 27.8 Å². The number of thioether (sulfide) groups is 1. The van der Waals surface area contributed by atoms with Crippen molar-refractivity contribution in [1.29, 1.82) is 5.26 Å². The Kier molecular flexibility index (Phi) is 8.90. The van der Waals surface area contributed by atoms with Crippen molar-refractivity contribution >= 4 is 57.1 Å². The zero-order valence-electron chi connectivity index (χ0n) is 19.6. The first kappa shape index (κ1) is 27.0. The number of benzene rings is 2. The van der Waals surface area contributed by atoms with Gasteiger partial charge in [-0.05, 0) is 48.4 Å². The Bertz CT molecular complexity index is 1290. The van der Waals surface area contributed by atoms with E-state index in [0.29, 0.717) is 11.3 Å². The highest BCUT2D eigenvalue weighted by Gasteiger charge is 2.44. The highest BCUT2D eigenvalue weighted by molar-refractivity contribution is 9.10. The van der Waals surface area contributed by atoms with Crippen LogP contribution in [0.5, 0.6) is 0 Å². The van der Waals surface area contributed by atoms with Crippen molar-refractivity contribution < 1.29 is 28.7 Å². The molecule has 0 radical (unpaired) electrons. The van der Waals surface area contributed by atoms with Gasteiger partial charge in [0, 0.05) is 16.1 Å². The largest absolute Gasteiger partial charge is 0.468 e. The molecular formula is C25H22BrN3O6S. The van der Waals surface area contributed by atoms with Crippen LogP contribution in [0.4, 0.5) is 5.69 Å². The lowest BCUT2D eigenvalue weighted by Crippen LogP contribution is -2.44. The van der Waals surface area contributed by atoms with Gasteiger partial charge in [-0.15, -0.1) is 0 Å².